The van der Waals surface area contributed by atoms with Gasteiger partial charge in [-0.3, -0.25) is 0 Å². The van der Waals surface area contributed by atoms with Crippen molar-refractivity contribution in [1.29, 1.82) is 0 Å². The number of furan rings is 1. The monoisotopic (exact) mass is 261 g/mol. The Morgan fingerprint density at radius 1 is 1.26 bits per heavy atom. The van der Waals surface area contributed by atoms with Gasteiger partial charge in [0.1, 0.15) is 18.0 Å². The second kappa shape index (κ2) is 6.73. The molecular weight excluding hydrogens is 238 g/mol. The molecule has 19 heavy (non-hydrogen) atoms. The van der Waals surface area contributed by atoms with Gasteiger partial charge in [-0.15, -0.1) is 0 Å². The van der Waals surface area contributed by atoms with Crippen LogP contribution in [0.25, 0.3) is 11.0 Å². The molecule has 0 saturated carbocycles. The second-order valence-corrected chi connectivity index (χ2v) is 4.81. The maximum Gasteiger partial charge on any atom is 0.135 e. The summed E-state index contributed by atoms with van der Waals surface area (Å²) in [6.07, 6.45) is 1.28. The smallest absolute Gasteiger partial charge is 0.135 e. The molecule has 1 unspecified atom stereocenters. The standard InChI is InChI=1S/C16H23NO2/c1-4-12(3)18-11-16-14(10-17-5-2)13-8-6-7-9-15(13)19-16/h6-9,12,17H,4-5,10-11H2,1-3H3. The highest BCUT2D eigenvalue weighted by Gasteiger charge is 2.14. The number of nitrogens with one attached hydrogen (secondary N) is 1. The average Bonchev–Trinajstić information content (AvgIpc) is 2.80. The molecule has 104 valence electrons. The molecule has 1 N–H and O–H groups in total. The number of rotatable bonds is 7. The fourth-order valence-corrected chi connectivity index (χ4v) is 2.05. The summed E-state index contributed by atoms with van der Waals surface area (Å²) in [5, 5.41) is 4.56. The number of ether oxygens (including phenoxy) is 1. The largest absolute Gasteiger partial charge is 0.458 e. The summed E-state index contributed by atoms with van der Waals surface area (Å²) in [4.78, 5) is 0. The Balaban J connectivity index is 2.24. The SMILES string of the molecule is CCNCc1c(COC(C)CC)oc2ccccc12. The van der Waals surface area contributed by atoms with Crippen LogP contribution in [0.15, 0.2) is 28.7 Å². The van der Waals surface area contributed by atoms with Crippen molar-refractivity contribution in [1.82, 2.24) is 5.32 Å². The van der Waals surface area contributed by atoms with Gasteiger partial charge in [-0.1, -0.05) is 32.0 Å². The van der Waals surface area contributed by atoms with Gasteiger partial charge in [0, 0.05) is 17.5 Å². The van der Waals surface area contributed by atoms with E-state index in [1.807, 2.05) is 18.2 Å². The van der Waals surface area contributed by atoms with Crippen LogP contribution >= 0.6 is 0 Å². The van der Waals surface area contributed by atoms with Crippen LogP contribution in [-0.2, 0) is 17.9 Å². The van der Waals surface area contributed by atoms with E-state index >= 15 is 0 Å². The van der Waals surface area contributed by atoms with Gasteiger partial charge in [-0.2, -0.15) is 0 Å². The van der Waals surface area contributed by atoms with E-state index in [-0.39, 0.29) is 6.10 Å². The second-order valence-electron chi connectivity index (χ2n) is 4.81. The van der Waals surface area contributed by atoms with Gasteiger partial charge in [0.15, 0.2) is 0 Å². The fourth-order valence-electron chi connectivity index (χ4n) is 2.05. The van der Waals surface area contributed by atoms with Gasteiger partial charge >= 0.3 is 0 Å². The predicted octanol–water partition coefficient (Wildman–Crippen LogP) is 3.86. The number of hydrogen-bond donors (Lipinski definition) is 1. The highest BCUT2D eigenvalue weighted by atomic mass is 16.5. The van der Waals surface area contributed by atoms with Gasteiger partial charge in [-0.05, 0) is 26.0 Å². The Bertz CT molecular complexity index is 518. The van der Waals surface area contributed by atoms with E-state index in [1.165, 1.54) is 10.9 Å². The summed E-state index contributed by atoms with van der Waals surface area (Å²) in [7, 11) is 0. The molecule has 1 atom stereocenters. The Hall–Kier alpha value is -1.32. The van der Waals surface area contributed by atoms with Gasteiger partial charge in [0.05, 0.1) is 6.10 Å². The third-order valence-corrected chi connectivity index (χ3v) is 3.41. The molecule has 0 saturated heterocycles. The summed E-state index contributed by atoms with van der Waals surface area (Å²) >= 11 is 0. The van der Waals surface area contributed by atoms with Crippen molar-refractivity contribution in [2.24, 2.45) is 0 Å². The van der Waals surface area contributed by atoms with Crippen molar-refractivity contribution in [3.63, 3.8) is 0 Å². The number of fused-ring (bicyclic) bond motifs is 1. The third kappa shape index (κ3) is 3.37. The molecule has 1 heterocycles. The van der Waals surface area contributed by atoms with Crippen molar-refractivity contribution in [2.45, 2.75) is 46.4 Å². The molecule has 1 aromatic carbocycles. The Morgan fingerprint density at radius 2 is 2.05 bits per heavy atom. The summed E-state index contributed by atoms with van der Waals surface area (Å²) < 4.78 is 11.7. The first-order valence-corrected chi connectivity index (χ1v) is 7.07. The minimum atomic E-state index is 0.264. The first kappa shape index (κ1) is 14.1. The van der Waals surface area contributed by atoms with Crippen LogP contribution in [0, 0.1) is 0 Å². The molecule has 2 rings (SSSR count). The number of para-hydroxylation sites is 1. The van der Waals surface area contributed by atoms with Crippen molar-refractivity contribution < 1.29 is 9.15 Å². The van der Waals surface area contributed by atoms with Crippen molar-refractivity contribution >= 4 is 11.0 Å². The zero-order chi connectivity index (χ0) is 13.7. The fraction of sp³-hybridized carbons (Fsp3) is 0.500. The summed E-state index contributed by atoms with van der Waals surface area (Å²) in [6, 6.07) is 8.17. The van der Waals surface area contributed by atoms with E-state index in [2.05, 4.69) is 32.2 Å². The highest BCUT2D eigenvalue weighted by molar-refractivity contribution is 5.82. The molecule has 0 radical (unpaired) electrons. The molecule has 0 fully saturated rings. The normalized spacial score (nSPS) is 13.0. The van der Waals surface area contributed by atoms with Crippen molar-refractivity contribution in [3.8, 4) is 0 Å². The highest BCUT2D eigenvalue weighted by Crippen LogP contribution is 2.26. The minimum Gasteiger partial charge on any atom is -0.458 e. The lowest BCUT2D eigenvalue weighted by Gasteiger charge is -2.10. The van der Waals surface area contributed by atoms with E-state index in [9.17, 15) is 0 Å². The average molecular weight is 261 g/mol. The van der Waals surface area contributed by atoms with Gasteiger partial charge in [0.25, 0.3) is 0 Å². The van der Waals surface area contributed by atoms with Gasteiger partial charge in [0.2, 0.25) is 0 Å². The first-order valence-electron chi connectivity index (χ1n) is 7.07. The summed E-state index contributed by atoms with van der Waals surface area (Å²) in [5.74, 6) is 0.947. The lowest BCUT2D eigenvalue weighted by Crippen LogP contribution is -2.13. The van der Waals surface area contributed by atoms with E-state index < -0.39 is 0 Å². The van der Waals surface area contributed by atoms with Gasteiger partial charge in [-0.25, -0.2) is 0 Å². The van der Waals surface area contributed by atoms with E-state index in [0.29, 0.717) is 6.61 Å². The molecule has 2 aromatic rings. The molecule has 3 nitrogen and oxygen atoms in total. The Morgan fingerprint density at radius 3 is 2.79 bits per heavy atom. The van der Waals surface area contributed by atoms with Crippen LogP contribution in [0.5, 0.6) is 0 Å². The molecule has 0 aliphatic heterocycles. The molecule has 3 heteroatoms. The van der Waals surface area contributed by atoms with Crippen LogP contribution in [-0.4, -0.2) is 12.6 Å². The molecule has 0 amide bonds. The first-order chi connectivity index (χ1) is 9.26. The quantitative estimate of drug-likeness (QED) is 0.822. The van der Waals surface area contributed by atoms with E-state index in [0.717, 1.165) is 30.9 Å². The van der Waals surface area contributed by atoms with Crippen LogP contribution in [0.2, 0.25) is 0 Å². The van der Waals surface area contributed by atoms with Crippen LogP contribution in [0.4, 0.5) is 0 Å². The third-order valence-electron chi connectivity index (χ3n) is 3.41. The van der Waals surface area contributed by atoms with Crippen LogP contribution in [0.3, 0.4) is 0 Å². The molecule has 0 aliphatic carbocycles. The maximum atomic E-state index is 5.93. The molecule has 0 spiro atoms. The topological polar surface area (TPSA) is 34.4 Å². The zero-order valence-corrected chi connectivity index (χ0v) is 12.0. The van der Waals surface area contributed by atoms with Crippen LogP contribution < -0.4 is 5.32 Å². The van der Waals surface area contributed by atoms with Crippen molar-refractivity contribution in [2.75, 3.05) is 6.54 Å². The summed E-state index contributed by atoms with van der Waals surface area (Å²) in [5.41, 5.74) is 2.17. The number of hydrogen-bond acceptors (Lipinski definition) is 3. The molecule has 0 aliphatic rings. The molecule has 0 bridgehead atoms. The predicted molar refractivity (Wildman–Crippen MR) is 78.1 cm³/mol. The summed E-state index contributed by atoms with van der Waals surface area (Å²) in [6.45, 7) is 8.65. The Labute approximate surface area is 114 Å². The maximum absolute atomic E-state index is 5.93. The number of benzene rings is 1. The van der Waals surface area contributed by atoms with Gasteiger partial charge < -0.3 is 14.5 Å². The lowest BCUT2D eigenvalue weighted by atomic mass is 10.1. The molecule has 1 aromatic heterocycles. The lowest BCUT2D eigenvalue weighted by molar-refractivity contribution is 0.0408. The van der Waals surface area contributed by atoms with Crippen molar-refractivity contribution in [3.05, 3.63) is 35.6 Å². The minimum absolute atomic E-state index is 0.264. The zero-order valence-electron chi connectivity index (χ0n) is 12.0. The van der Waals surface area contributed by atoms with E-state index in [4.69, 9.17) is 9.15 Å². The van der Waals surface area contributed by atoms with E-state index in [1.54, 1.807) is 0 Å². The molecular formula is C16H23NO2. The Kier molecular flexibility index (Phi) is 5.00. The van der Waals surface area contributed by atoms with Crippen LogP contribution in [0.1, 0.15) is 38.5 Å².